The van der Waals surface area contributed by atoms with Crippen LogP contribution in [0.4, 0.5) is 0 Å². The van der Waals surface area contributed by atoms with Crippen LogP contribution in [0.2, 0.25) is 0 Å². The van der Waals surface area contributed by atoms with E-state index in [9.17, 15) is 5.11 Å². The van der Waals surface area contributed by atoms with Crippen LogP contribution in [0.1, 0.15) is 24.8 Å². The molecule has 0 amide bonds. The molecule has 0 heterocycles. The Hall–Kier alpha value is -0.780. The van der Waals surface area contributed by atoms with Gasteiger partial charge in [0, 0.05) is 10.9 Å². The van der Waals surface area contributed by atoms with Crippen LogP contribution in [0.5, 0.6) is 0 Å². The van der Waals surface area contributed by atoms with Gasteiger partial charge in [-0.25, -0.2) is 0 Å². The van der Waals surface area contributed by atoms with Crippen molar-refractivity contribution in [1.29, 1.82) is 0 Å². The molecule has 1 unspecified atom stereocenters. The summed E-state index contributed by atoms with van der Waals surface area (Å²) in [5.74, 6) is 2.58. The van der Waals surface area contributed by atoms with Crippen molar-refractivity contribution >= 4 is 15.9 Å². The molecule has 0 saturated heterocycles. The molecule has 0 aliphatic carbocycles. The first kappa shape index (κ1) is 12.3. The van der Waals surface area contributed by atoms with Crippen molar-refractivity contribution in [2.75, 3.05) is 0 Å². The molecule has 1 aromatic rings. The van der Waals surface area contributed by atoms with E-state index in [4.69, 9.17) is 6.42 Å². The molecule has 0 radical (unpaired) electrons. The third kappa shape index (κ3) is 5.01. The predicted octanol–water partition coefficient (Wildman–Crippen LogP) is 3.16. The lowest BCUT2D eigenvalue weighted by atomic mass is 10.0. The average Bonchev–Trinajstić information content (AvgIpc) is 2.18. The monoisotopic (exact) mass is 266 g/mol. The van der Waals surface area contributed by atoms with Gasteiger partial charge in [-0.05, 0) is 37.0 Å². The second-order valence-corrected chi connectivity index (χ2v) is 4.50. The van der Waals surface area contributed by atoms with Gasteiger partial charge in [0.05, 0.1) is 6.10 Å². The van der Waals surface area contributed by atoms with Gasteiger partial charge in [0.1, 0.15) is 0 Å². The molecule has 2 heteroatoms. The number of terminal acetylenes is 1. The van der Waals surface area contributed by atoms with Crippen molar-refractivity contribution < 1.29 is 5.11 Å². The van der Waals surface area contributed by atoms with Crippen LogP contribution in [-0.4, -0.2) is 11.2 Å². The van der Waals surface area contributed by atoms with E-state index in [-0.39, 0.29) is 6.10 Å². The van der Waals surface area contributed by atoms with Crippen molar-refractivity contribution in [2.45, 2.75) is 31.8 Å². The summed E-state index contributed by atoms with van der Waals surface area (Å²) in [6.45, 7) is 0. The summed E-state index contributed by atoms with van der Waals surface area (Å²) < 4.78 is 1.05. The van der Waals surface area contributed by atoms with E-state index < -0.39 is 0 Å². The molecule has 1 rings (SSSR count). The van der Waals surface area contributed by atoms with E-state index in [1.807, 2.05) is 24.3 Å². The molecule has 0 aliphatic rings. The lowest BCUT2D eigenvalue weighted by molar-refractivity contribution is 0.162. The van der Waals surface area contributed by atoms with E-state index in [1.54, 1.807) is 0 Å². The average molecular weight is 267 g/mol. The third-order valence-corrected chi connectivity index (χ3v) is 2.71. The van der Waals surface area contributed by atoms with E-state index in [0.29, 0.717) is 6.42 Å². The van der Waals surface area contributed by atoms with Gasteiger partial charge in [0.25, 0.3) is 0 Å². The van der Waals surface area contributed by atoms with E-state index in [1.165, 1.54) is 0 Å². The SMILES string of the molecule is C#CCCCC(O)Cc1cccc(Br)c1. The van der Waals surface area contributed by atoms with Crippen LogP contribution >= 0.6 is 15.9 Å². The Morgan fingerprint density at radius 1 is 1.47 bits per heavy atom. The van der Waals surface area contributed by atoms with Crippen LogP contribution < -0.4 is 0 Å². The first-order valence-corrected chi connectivity index (χ1v) is 5.87. The van der Waals surface area contributed by atoms with Crippen molar-refractivity contribution in [2.24, 2.45) is 0 Å². The topological polar surface area (TPSA) is 20.2 Å². The van der Waals surface area contributed by atoms with Crippen LogP contribution in [-0.2, 0) is 6.42 Å². The fourth-order valence-corrected chi connectivity index (χ4v) is 1.92. The highest BCUT2D eigenvalue weighted by molar-refractivity contribution is 9.10. The molecular weight excluding hydrogens is 252 g/mol. The van der Waals surface area contributed by atoms with Crippen molar-refractivity contribution in [3.8, 4) is 12.3 Å². The number of hydrogen-bond donors (Lipinski definition) is 1. The van der Waals surface area contributed by atoms with Crippen molar-refractivity contribution in [1.82, 2.24) is 0 Å². The summed E-state index contributed by atoms with van der Waals surface area (Å²) in [4.78, 5) is 0. The maximum atomic E-state index is 9.74. The number of benzene rings is 1. The summed E-state index contributed by atoms with van der Waals surface area (Å²) in [5.41, 5.74) is 1.15. The normalized spacial score (nSPS) is 12.1. The zero-order chi connectivity index (χ0) is 11.1. The maximum Gasteiger partial charge on any atom is 0.0580 e. The smallest absolute Gasteiger partial charge is 0.0580 e. The Balaban J connectivity index is 2.38. The van der Waals surface area contributed by atoms with Gasteiger partial charge in [-0.15, -0.1) is 12.3 Å². The molecule has 1 N–H and O–H groups in total. The van der Waals surface area contributed by atoms with Gasteiger partial charge < -0.3 is 5.11 Å². The zero-order valence-electron chi connectivity index (χ0n) is 8.62. The summed E-state index contributed by atoms with van der Waals surface area (Å²) in [6.07, 6.45) is 7.98. The molecule has 80 valence electrons. The third-order valence-electron chi connectivity index (χ3n) is 2.22. The standard InChI is InChI=1S/C13H15BrO/c1-2-3-4-8-13(15)10-11-6-5-7-12(14)9-11/h1,5-7,9,13,15H,3-4,8,10H2. The summed E-state index contributed by atoms with van der Waals surface area (Å²) >= 11 is 3.41. The zero-order valence-corrected chi connectivity index (χ0v) is 10.2. The molecule has 0 fully saturated rings. The highest BCUT2D eigenvalue weighted by Crippen LogP contribution is 2.14. The Morgan fingerprint density at radius 3 is 2.93 bits per heavy atom. The van der Waals surface area contributed by atoms with Gasteiger partial charge >= 0.3 is 0 Å². The minimum atomic E-state index is -0.285. The number of unbranched alkanes of at least 4 members (excludes halogenated alkanes) is 1. The Bertz CT molecular complexity index is 341. The summed E-state index contributed by atoms with van der Waals surface area (Å²) in [6, 6.07) is 8.02. The molecule has 0 saturated carbocycles. The van der Waals surface area contributed by atoms with E-state index in [0.717, 1.165) is 29.3 Å². The fourth-order valence-electron chi connectivity index (χ4n) is 1.48. The van der Waals surface area contributed by atoms with Crippen LogP contribution in [0.3, 0.4) is 0 Å². The molecular formula is C13H15BrO. The number of aliphatic hydroxyl groups is 1. The van der Waals surface area contributed by atoms with Crippen LogP contribution in [0.25, 0.3) is 0 Å². The molecule has 0 bridgehead atoms. The lowest BCUT2D eigenvalue weighted by Gasteiger charge is -2.09. The molecule has 0 spiro atoms. The first-order chi connectivity index (χ1) is 7.22. The van der Waals surface area contributed by atoms with Crippen LogP contribution in [0.15, 0.2) is 28.7 Å². The summed E-state index contributed by atoms with van der Waals surface area (Å²) in [7, 11) is 0. The number of aliphatic hydroxyl groups excluding tert-OH is 1. The molecule has 0 aromatic heterocycles. The van der Waals surface area contributed by atoms with E-state index >= 15 is 0 Å². The fraction of sp³-hybridized carbons (Fsp3) is 0.385. The molecule has 1 nitrogen and oxygen atoms in total. The van der Waals surface area contributed by atoms with Gasteiger partial charge in [-0.1, -0.05) is 28.1 Å². The van der Waals surface area contributed by atoms with Crippen molar-refractivity contribution in [3.63, 3.8) is 0 Å². The first-order valence-electron chi connectivity index (χ1n) is 5.08. The number of rotatable bonds is 5. The molecule has 1 atom stereocenters. The second-order valence-electron chi connectivity index (χ2n) is 3.58. The Labute approximate surface area is 99.6 Å². The highest BCUT2D eigenvalue weighted by Gasteiger charge is 2.05. The Kier molecular flexibility index (Phi) is 5.45. The minimum Gasteiger partial charge on any atom is -0.393 e. The quantitative estimate of drug-likeness (QED) is 0.641. The largest absolute Gasteiger partial charge is 0.393 e. The minimum absolute atomic E-state index is 0.285. The predicted molar refractivity (Wildman–Crippen MR) is 66.5 cm³/mol. The number of hydrogen-bond acceptors (Lipinski definition) is 1. The number of halogens is 1. The van der Waals surface area contributed by atoms with Crippen LogP contribution in [0, 0.1) is 12.3 Å². The molecule has 0 aliphatic heterocycles. The second kappa shape index (κ2) is 6.66. The lowest BCUT2D eigenvalue weighted by Crippen LogP contribution is -2.09. The van der Waals surface area contributed by atoms with Gasteiger partial charge in [0.2, 0.25) is 0 Å². The Morgan fingerprint density at radius 2 is 2.27 bits per heavy atom. The molecule has 15 heavy (non-hydrogen) atoms. The maximum absolute atomic E-state index is 9.74. The van der Waals surface area contributed by atoms with Gasteiger partial charge in [-0.2, -0.15) is 0 Å². The van der Waals surface area contributed by atoms with Crippen molar-refractivity contribution in [3.05, 3.63) is 34.3 Å². The van der Waals surface area contributed by atoms with Gasteiger partial charge in [0.15, 0.2) is 0 Å². The highest BCUT2D eigenvalue weighted by atomic mass is 79.9. The summed E-state index contributed by atoms with van der Waals surface area (Å²) in [5, 5.41) is 9.74. The molecule has 1 aromatic carbocycles. The van der Waals surface area contributed by atoms with Gasteiger partial charge in [-0.3, -0.25) is 0 Å². The van der Waals surface area contributed by atoms with E-state index in [2.05, 4.69) is 21.9 Å².